The summed E-state index contributed by atoms with van der Waals surface area (Å²) < 4.78 is 4.79. The van der Waals surface area contributed by atoms with E-state index in [4.69, 9.17) is 4.74 Å². The van der Waals surface area contributed by atoms with E-state index in [0.717, 1.165) is 4.90 Å². The first-order chi connectivity index (χ1) is 8.67. The zero-order valence-corrected chi connectivity index (χ0v) is 12.1. The van der Waals surface area contributed by atoms with E-state index in [1.54, 1.807) is 18.7 Å². The molecule has 0 aliphatic heterocycles. The SMILES string of the molecule is CCOC(=O)CSCC(=O)c1ccc(SC)cc1. The van der Waals surface area contributed by atoms with Gasteiger partial charge in [-0.1, -0.05) is 12.1 Å². The van der Waals surface area contributed by atoms with E-state index in [0.29, 0.717) is 17.9 Å². The maximum atomic E-state index is 11.8. The third-order valence-corrected chi connectivity index (χ3v) is 3.82. The lowest BCUT2D eigenvalue weighted by molar-refractivity contribution is -0.139. The first kappa shape index (κ1) is 15.1. The Balaban J connectivity index is 2.38. The van der Waals surface area contributed by atoms with Crippen LogP contribution in [-0.4, -0.2) is 36.1 Å². The fraction of sp³-hybridized carbons (Fsp3) is 0.385. The van der Waals surface area contributed by atoms with Crippen LogP contribution >= 0.6 is 23.5 Å². The van der Waals surface area contributed by atoms with Crippen molar-refractivity contribution in [3.63, 3.8) is 0 Å². The fourth-order valence-electron chi connectivity index (χ4n) is 1.29. The Kier molecular flexibility index (Phi) is 6.90. The Morgan fingerprint density at radius 2 is 1.83 bits per heavy atom. The van der Waals surface area contributed by atoms with E-state index in [1.165, 1.54) is 11.8 Å². The lowest BCUT2D eigenvalue weighted by atomic mass is 10.1. The number of ether oxygens (including phenoxy) is 1. The van der Waals surface area contributed by atoms with Gasteiger partial charge in [0.1, 0.15) is 0 Å². The Morgan fingerprint density at radius 3 is 2.39 bits per heavy atom. The molecule has 0 heterocycles. The smallest absolute Gasteiger partial charge is 0.315 e. The molecular weight excluding hydrogens is 268 g/mol. The summed E-state index contributed by atoms with van der Waals surface area (Å²) in [6.07, 6.45) is 1.99. The number of esters is 1. The van der Waals surface area contributed by atoms with Crippen molar-refractivity contribution >= 4 is 35.3 Å². The summed E-state index contributed by atoms with van der Waals surface area (Å²) in [5, 5.41) is 0. The van der Waals surface area contributed by atoms with Crippen LogP contribution in [-0.2, 0) is 9.53 Å². The molecule has 0 aromatic heterocycles. The molecule has 0 aliphatic carbocycles. The van der Waals surface area contributed by atoms with Crippen LogP contribution in [0.2, 0.25) is 0 Å². The molecule has 1 aromatic carbocycles. The molecule has 0 unspecified atom stereocenters. The number of thioether (sulfide) groups is 2. The van der Waals surface area contributed by atoms with E-state index in [9.17, 15) is 9.59 Å². The van der Waals surface area contributed by atoms with Crippen LogP contribution in [0.1, 0.15) is 17.3 Å². The summed E-state index contributed by atoms with van der Waals surface area (Å²) >= 11 is 2.92. The maximum absolute atomic E-state index is 11.8. The highest BCUT2D eigenvalue weighted by Crippen LogP contribution is 2.16. The second kappa shape index (κ2) is 8.21. The summed E-state index contributed by atoms with van der Waals surface area (Å²) in [4.78, 5) is 24.0. The maximum Gasteiger partial charge on any atom is 0.315 e. The molecule has 3 nitrogen and oxygen atoms in total. The van der Waals surface area contributed by atoms with Crippen molar-refractivity contribution in [1.82, 2.24) is 0 Å². The topological polar surface area (TPSA) is 43.4 Å². The van der Waals surface area contributed by atoms with Crippen LogP contribution in [0.3, 0.4) is 0 Å². The molecule has 18 heavy (non-hydrogen) atoms. The molecule has 0 spiro atoms. The normalized spacial score (nSPS) is 10.1. The number of carbonyl (C=O) groups excluding carboxylic acids is 2. The third-order valence-electron chi connectivity index (χ3n) is 2.17. The number of hydrogen-bond donors (Lipinski definition) is 0. The van der Waals surface area contributed by atoms with Gasteiger partial charge in [0.25, 0.3) is 0 Å². The quantitative estimate of drug-likeness (QED) is 0.437. The van der Waals surface area contributed by atoms with Crippen LogP contribution in [0.5, 0.6) is 0 Å². The van der Waals surface area contributed by atoms with Gasteiger partial charge >= 0.3 is 5.97 Å². The summed E-state index contributed by atoms with van der Waals surface area (Å²) in [6, 6.07) is 7.49. The van der Waals surface area contributed by atoms with E-state index in [-0.39, 0.29) is 17.5 Å². The van der Waals surface area contributed by atoms with Crippen molar-refractivity contribution in [3.05, 3.63) is 29.8 Å². The van der Waals surface area contributed by atoms with Crippen LogP contribution < -0.4 is 0 Å². The zero-order chi connectivity index (χ0) is 13.4. The van der Waals surface area contributed by atoms with E-state index < -0.39 is 0 Å². The highest BCUT2D eigenvalue weighted by molar-refractivity contribution is 8.00. The average molecular weight is 284 g/mol. The van der Waals surface area contributed by atoms with Crippen LogP contribution in [0.25, 0.3) is 0 Å². The van der Waals surface area contributed by atoms with Gasteiger partial charge in [0.05, 0.1) is 18.1 Å². The molecule has 0 atom stereocenters. The van der Waals surface area contributed by atoms with Crippen LogP contribution in [0.15, 0.2) is 29.2 Å². The van der Waals surface area contributed by atoms with Crippen molar-refractivity contribution in [2.24, 2.45) is 0 Å². The number of benzene rings is 1. The molecule has 0 fully saturated rings. The van der Waals surface area contributed by atoms with Gasteiger partial charge in [-0.3, -0.25) is 9.59 Å². The summed E-state index contributed by atoms with van der Waals surface area (Å²) in [5.74, 6) is 0.296. The van der Waals surface area contributed by atoms with Gasteiger partial charge in [0.2, 0.25) is 0 Å². The Bertz CT molecular complexity index is 401. The molecule has 5 heteroatoms. The van der Waals surface area contributed by atoms with Gasteiger partial charge in [-0.05, 0) is 25.3 Å². The summed E-state index contributed by atoms with van der Waals surface area (Å²) in [6.45, 7) is 2.14. The fourth-order valence-corrected chi connectivity index (χ4v) is 2.40. The third kappa shape index (κ3) is 5.14. The number of hydrogen-bond acceptors (Lipinski definition) is 5. The molecule has 0 bridgehead atoms. The lowest BCUT2D eigenvalue weighted by Gasteiger charge is -2.03. The molecular formula is C13H16O3S2. The van der Waals surface area contributed by atoms with E-state index >= 15 is 0 Å². The summed E-state index contributed by atoms with van der Waals surface area (Å²) in [7, 11) is 0. The van der Waals surface area contributed by atoms with Crippen molar-refractivity contribution in [1.29, 1.82) is 0 Å². The standard InChI is InChI=1S/C13H16O3S2/c1-3-16-13(15)9-18-8-12(14)10-4-6-11(17-2)7-5-10/h4-7H,3,8-9H2,1-2H3. The Morgan fingerprint density at radius 1 is 1.17 bits per heavy atom. The number of rotatable bonds is 7. The number of ketones is 1. The minimum atomic E-state index is -0.270. The van der Waals surface area contributed by atoms with Gasteiger partial charge in [-0.15, -0.1) is 23.5 Å². The molecule has 0 saturated carbocycles. The number of carbonyl (C=O) groups is 2. The molecule has 98 valence electrons. The van der Waals surface area contributed by atoms with Gasteiger partial charge in [-0.2, -0.15) is 0 Å². The predicted molar refractivity (Wildman–Crippen MR) is 76.5 cm³/mol. The second-order valence-electron chi connectivity index (χ2n) is 3.45. The first-order valence-electron chi connectivity index (χ1n) is 5.58. The predicted octanol–water partition coefficient (Wildman–Crippen LogP) is 2.89. The molecule has 0 radical (unpaired) electrons. The average Bonchev–Trinajstić information content (AvgIpc) is 2.39. The van der Waals surface area contributed by atoms with Gasteiger partial charge in [0.15, 0.2) is 5.78 Å². The number of Topliss-reactive ketones (excluding diaryl/α,β-unsaturated/α-hetero) is 1. The zero-order valence-electron chi connectivity index (χ0n) is 10.5. The monoisotopic (exact) mass is 284 g/mol. The summed E-state index contributed by atoms with van der Waals surface area (Å²) in [5.41, 5.74) is 0.684. The molecule has 1 rings (SSSR count). The molecule has 0 aliphatic rings. The minimum absolute atomic E-state index is 0.0388. The largest absolute Gasteiger partial charge is 0.465 e. The van der Waals surface area contributed by atoms with Crippen molar-refractivity contribution in [3.8, 4) is 0 Å². The van der Waals surface area contributed by atoms with Crippen LogP contribution in [0.4, 0.5) is 0 Å². The molecule has 0 amide bonds. The van der Waals surface area contributed by atoms with Crippen molar-refractivity contribution in [2.75, 3.05) is 24.4 Å². The van der Waals surface area contributed by atoms with Gasteiger partial charge in [0, 0.05) is 10.5 Å². The highest BCUT2D eigenvalue weighted by Gasteiger charge is 2.08. The van der Waals surface area contributed by atoms with E-state index in [1.807, 2.05) is 30.5 Å². The highest BCUT2D eigenvalue weighted by atomic mass is 32.2. The van der Waals surface area contributed by atoms with E-state index in [2.05, 4.69) is 0 Å². The first-order valence-corrected chi connectivity index (χ1v) is 7.96. The minimum Gasteiger partial charge on any atom is -0.465 e. The Labute approximate surface area is 116 Å². The second-order valence-corrected chi connectivity index (χ2v) is 5.31. The van der Waals surface area contributed by atoms with Gasteiger partial charge < -0.3 is 4.74 Å². The Hall–Kier alpha value is -0.940. The van der Waals surface area contributed by atoms with Gasteiger partial charge in [-0.25, -0.2) is 0 Å². The molecule has 1 aromatic rings. The van der Waals surface area contributed by atoms with Crippen molar-refractivity contribution in [2.45, 2.75) is 11.8 Å². The lowest BCUT2D eigenvalue weighted by Crippen LogP contribution is -2.10. The molecule has 0 N–H and O–H groups in total. The molecule has 0 saturated heterocycles. The van der Waals surface area contributed by atoms with Crippen LogP contribution in [0, 0.1) is 0 Å². The van der Waals surface area contributed by atoms with Crippen molar-refractivity contribution < 1.29 is 14.3 Å².